The molecule has 0 aromatic heterocycles. The van der Waals surface area contributed by atoms with Crippen LogP contribution in [-0.4, -0.2) is 42.8 Å². The Kier molecular flexibility index (Phi) is 4.63. The van der Waals surface area contributed by atoms with Crippen LogP contribution in [0, 0.1) is 0 Å². The lowest BCUT2D eigenvalue weighted by Gasteiger charge is -2.50. The predicted molar refractivity (Wildman–Crippen MR) is 86.4 cm³/mol. The molecule has 1 N–H and O–H groups in total. The molecule has 21 heavy (non-hydrogen) atoms. The average molecular weight is 288 g/mol. The molecule has 3 atom stereocenters. The van der Waals surface area contributed by atoms with Crippen LogP contribution in [0.3, 0.4) is 0 Å². The van der Waals surface area contributed by atoms with Crippen LogP contribution in [-0.2, 0) is 4.74 Å². The largest absolute Gasteiger partial charge is 0.380 e. The smallest absolute Gasteiger partial charge is 0.0622 e. The van der Waals surface area contributed by atoms with Crippen molar-refractivity contribution in [3.63, 3.8) is 0 Å². The second-order valence-electron chi connectivity index (χ2n) is 6.76. The fourth-order valence-corrected chi connectivity index (χ4v) is 3.62. The van der Waals surface area contributed by atoms with E-state index in [0.717, 1.165) is 26.3 Å². The van der Waals surface area contributed by atoms with Crippen LogP contribution in [0.5, 0.6) is 0 Å². The van der Waals surface area contributed by atoms with E-state index in [1.54, 1.807) is 0 Å². The Morgan fingerprint density at radius 2 is 2.14 bits per heavy atom. The van der Waals surface area contributed by atoms with E-state index in [-0.39, 0.29) is 5.54 Å². The van der Waals surface area contributed by atoms with E-state index in [0.29, 0.717) is 12.1 Å². The van der Waals surface area contributed by atoms with E-state index >= 15 is 0 Å². The Balaban J connectivity index is 1.83. The highest BCUT2D eigenvalue weighted by Gasteiger charge is 2.38. The summed E-state index contributed by atoms with van der Waals surface area (Å²) in [5.74, 6) is 0. The minimum absolute atomic E-state index is 0.225. The molecule has 2 aliphatic rings. The van der Waals surface area contributed by atoms with Crippen LogP contribution < -0.4 is 5.32 Å². The lowest BCUT2D eigenvalue weighted by atomic mass is 9.89. The standard InChI is InChI=1S/C18H28N2O/c1-3-18(2)14-20(16-10-7-11-21-13-16)17(12-19-18)15-8-5-4-6-9-15/h4-6,8-9,16-17,19H,3,7,10-14H2,1-2H3. The van der Waals surface area contributed by atoms with E-state index in [2.05, 4.69) is 54.4 Å². The van der Waals surface area contributed by atoms with Gasteiger partial charge in [0.25, 0.3) is 0 Å². The minimum atomic E-state index is 0.225. The molecule has 1 aromatic carbocycles. The maximum Gasteiger partial charge on any atom is 0.0622 e. The van der Waals surface area contributed by atoms with Crippen molar-refractivity contribution >= 4 is 0 Å². The molecule has 3 heteroatoms. The van der Waals surface area contributed by atoms with Crippen molar-refractivity contribution in [1.29, 1.82) is 0 Å². The molecule has 2 saturated heterocycles. The Labute approximate surface area is 128 Å². The maximum atomic E-state index is 5.76. The molecule has 116 valence electrons. The van der Waals surface area contributed by atoms with Crippen molar-refractivity contribution in [2.45, 2.75) is 50.7 Å². The van der Waals surface area contributed by atoms with Gasteiger partial charge in [0.15, 0.2) is 0 Å². The summed E-state index contributed by atoms with van der Waals surface area (Å²) in [4.78, 5) is 2.70. The highest BCUT2D eigenvalue weighted by molar-refractivity contribution is 5.21. The van der Waals surface area contributed by atoms with Crippen LogP contribution in [0.4, 0.5) is 0 Å². The molecule has 1 aromatic rings. The van der Waals surface area contributed by atoms with Gasteiger partial charge in [0.2, 0.25) is 0 Å². The van der Waals surface area contributed by atoms with Crippen LogP contribution >= 0.6 is 0 Å². The van der Waals surface area contributed by atoms with Crippen LogP contribution in [0.2, 0.25) is 0 Å². The van der Waals surface area contributed by atoms with Crippen LogP contribution in [0.15, 0.2) is 30.3 Å². The lowest BCUT2D eigenvalue weighted by molar-refractivity contribution is -0.0295. The Morgan fingerprint density at radius 3 is 2.81 bits per heavy atom. The fourth-order valence-electron chi connectivity index (χ4n) is 3.62. The van der Waals surface area contributed by atoms with Gasteiger partial charge < -0.3 is 10.1 Å². The summed E-state index contributed by atoms with van der Waals surface area (Å²) in [6, 6.07) is 12.0. The summed E-state index contributed by atoms with van der Waals surface area (Å²) >= 11 is 0. The molecule has 2 aliphatic heterocycles. The van der Waals surface area contributed by atoms with E-state index in [1.165, 1.54) is 24.8 Å². The van der Waals surface area contributed by atoms with Gasteiger partial charge in [0.1, 0.15) is 0 Å². The highest BCUT2D eigenvalue weighted by atomic mass is 16.5. The predicted octanol–water partition coefficient (Wildman–Crippen LogP) is 2.98. The van der Waals surface area contributed by atoms with Crippen LogP contribution in [0.1, 0.15) is 44.7 Å². The van der Waals surface area contributed by atoms with E-state index in [4.69, 9.17) is 4.74 Å². The zero-order chi connectivity index (χ0) is 14.7. The van der Waals surface area contributed by atoms with Crippen molar-refractivity contribution in [2.75, 3.05) is 26.3 Å². The third kappa shape index (κ3) is 3.31. The van der Waals surface area contributed by atoms with Gasteiger partial charge in [0, 0.05) is 37.3 Å². The van der Waals surface area contributed by atoms with E-state index < -0.39 is 0 Å². The average Bonchev–Trinajstić information content (AvgIpc) is 2.56. The van der Waals surface area contributed by atoms with E-state index in [9.17, 15) is 0 Å². The Hall–Kier alpha value is -0.900. The topological polar surface area (TPSA) is 24.5 Å². The number of hydrogen-bond donors (Lipinski definition) is 1. The summed E-state index contributed by atoms with van der Waals surface area (Å²) in [6.45, 7) is 8.60. The number of piperazine rings is 1. The molecule has 3 nitrogen and oxygen atoms in total. The van der Waals surface area contributed by atoms with Gasteiger partial charge in [-0.1, -0.05) is 37.3 Å². The molecule has 0 bridgehead atoms. The number of nitrogens with one attached hydrogen (secondary N) is 1. The zero-order valence-corrected chi connectivity index (χ0v) is 13.3. The number of hydrogen-bond acceptors (Lipinski definition) is 3. The molecule has 3 rings (SSSR count). The van der Waals surface area contributed by atoms with Crippen molar-refractivity contribution in [2.24, 2.45) is 0 Å². The maximum absolute atomic E-state index is 5.76. The minimum Gasteiger partial charge on any atom is -0.380 e. The third-order valence-electron chi connectivity index (χ3n) is 5.22. The van der Waals surface area contributed by atoms with E-state index in [1.807, 2.05) is 0 Å². The van der Waals surface area contributed by atoms with Gasteiger partial charge >= 0.3 is 0 Å². The molecule has 2 heterocycles. The second kappa shape index (κ2) is 6.47. The van der Waals surface area contributed by atoms with Gasteiger partial charge in [-0.25, -0.2) is 0 Å². The quantitative estimate of drug-likeness (QED) is 0.925. The first kappa shape index (κ1) is 15.0. The first-order chi connectivity index (χ1) is 10.2. The molecule has 0 amide bonds. The fraction of sp³-hybridized carbons (Fsp3) is 0.667. The monoisotopic (exact) mass is 288 g/mol. The third-order valence-corrected chi connectivity index (χ3v) is 5.22. The number of benzene rings is 1. The van der Waals surface area contributed by atoms with Crippen molar-refractivity contribution < 1.29 is 4.74 Å². The molecule has 0 saturated carbocycles. The van der Waals surface area contributed by atoms with Crippen molar-refractivity contribution in [3.05, 3.63) is 35.9 Å². The summed E-state index contributed by atoms with van der Waals surface area (Å²) < 4.78 is 5.76. The molecular formula is C18H28N2O. The van der Waals surface area contributed by atoms with Gasteiger partial charge in [-0.05, 0) is 31.7 Å². The molecule has 2 fully saturated rings. The first-order valence-electron chi connectivity index (χ1n) is 8.35. The second-order valence-corrected chi connectivity index (χ2v) is 6.76. The highest BCUT2D eigenvalue weighted by Crippen LogP contribution is 2.32. The van der Waals surface area contributed by atoms with Crippen LogP contribution in [0.25, 0.3) is 0 Å². The van der Waals surface area contributed by atoms with Crippen molar-refractivity contribution in [3.8, 4) is 0 Å². The van der Waals surface area contributed by atoms with Gasteiger partial charge in [-0.3, -0.25) is 4.90 Å². The SMILES string of the molecule is CCC1(C)CN(C2CCCOC2)C(c2ccccc2)CN1. The Bertz CT molecular complexity index is 444. The van der Waals surface area contributed by atoms with Crippen molar-refractivity contribution in [1.82, 2.24) is 10.2 Å². The summed E-state index contributed by atoms with van der Waals surface area (Å²) in [6.07, 6.45) is 3.63. The molecule has 3 unspecified atom stereocenters. The number of nitrogens with zero attached hydrogens (tertiary/aromatic N) is 1. The summed E-state index contributed by atoms with van der Waals surface area (Å²) in [5, 5.41) is 3.78. The summed E-state index contributed by atoms with van der Waals surface area (Å²) in [5.41, 5.74) is 1.65. The zero-order valence-electron chi connectivity index (χ0n) is 13.3. The van der Waals surface area contributed by atoms with Gasteiger partial charge in [-0.15, -0.1) is 0 Å². The normalized spacial score (nSPS) is 34.8. The molecule has 0 spiro atoms. The number of ether oxygens (including phenoxy) is 1. The van der Waals surface area contributed by atoms with Gasteiger partial charge in [-0.2, -0.15) is 0 Å². The van der Waals surface area contributed by atoms with Gasteiger partial charge in [0.05, 0.1) is 6.61 Å². The molecule has 0 radical (unpaired) electrons. The number of rotatable bonds is 3. The first-order valence-corrected chi connectivity index (χ1v) is 8.35. The molecule has 0 aliphatic carbocycles. The Morgan fingerprint density at radius 1 is 1.33 bits per heavy atom. The lowest BCUT2D eigenvalue weighted by Crippen LogP contribution is -2.62. The molecular weight excluding hydrogens is 260 g/mol. The summed E-state index contributed by atoms with van der Waals surface area (Å²) in [7, 11) is 0.